The molecule has 4 rings (SSSR count). The van der Waals surface area contributed by atoms with E-state index in [1.807, 2.05) is 35.1 Å². The Morgan fingerprint density at radius 3 is 2.52 bits per heavy atom. The quantitative estimate of drug-likeness (QED) is 0.632. The third-order valence-electron chi connectivity index (χ3n) is 5.13. The minimum absolute atomic E-state index is 0.0488. The first-order valence-electron chi connectivity index (χ1n) is 9.51. The van der Waals surface area contributed by atoms with E-state index in [4.69, 9.17) is 0 Å². The maximum absolute atomic E-state index is 12.7. The Morgan fingerprint density at radius 2 is 1.81 bits per heavy atom. The first kappa shape index (κ1) is 17.6. The molecule has 3 heterocycles. The van der Waals surface area contributed by atoms with Crippen molar-refractivity contribution >= 4 is 5.78 Å². The molecule has 5 nitrogen and oxygen atoms in total. The van der Waals surface area contributed by atoms with Gasteiger partial charge in [0.05, 0.1) is 6.54 Å². The number of carbonyl (C=O) groups is 1. The first-order chi connectivity index (χ1) is 13.3. The summed E-state index contributed by atoms with van der Waals surface area (Å²) >= 11 is 0. The van der Waals surface area contributed by atoms with Crippen molar-refractivity contribution in [3.05, 3.63) is 83.9 Å². The van der Waals surface area contributed by atoms with Gasteiger partial charge in [-0.25, -0.2) is 0 Å². The highest BCUT2D eigenvalue weighted by atomic mass is 16.1. The van der Waals surface area contributed by atoms with Gasteiger partial charge in [0.15, 0.2) is 5.78 Å². The molecule has 0 unspecified atom stereocenters. The van der Waals surface area contributed by atoms with Gasteiger partial charge in [0.1, 0.15) is 5.69 Å². The minimum atomic E-state index is 0.0488. The highest BCUT2D eigenvalue weighted by molar-refractivity contribution is 5.96. The SMILES string of the molecule is O=C(c1ccccn1)[C@@H]1CCCN(Cc2ccc(Cn3cccn3)cc2)C1. The average molecular weight is 360 g/mol. The van der Waals surface area contributed by atoms with Crippen molar-refractivity contribution in [3.8, 4) is 0 Å². The minimum Gasteiger partial charge on any atom is -0.298 e. The molecular formula is C22H24N4O. The number of piperidine rings is 1. The number of likely N-dealkylation sites (tertiary alicyclic amines) is 1. The number of aromatic nitrogens is 3. The number of rotatable bonds is 6. The van der Waals surface area contributed by atoms with Crippen LogP contribution >= 0.6 is 0 Å². The molecule has 0 amide bonds. The topological polar surface area (TPSA) is 51.0 Å². The van der Waals surface area contributed by atoms with E-state index in [9.17, 15) is 4.79 Å². The zero-order valence-corrected chi connectivity index (χ0v) is 15.4. The second kappa shape index (κ2) is 8.27. The van der Waals surface area contributed by atoms with Crippen molar-refractivity contribution < 1.29 is 4.79 Å². The summed E-state index contributed by atoms with van der Waals surface area (Å²) in [7, 11) is 0. The van der Waals surface area contributed by atoms with Gasteiger partial charge in [-0.05, 0) is 48.7 Å². The number of hydrogen-bond donors (Lipinski definition) is 0. The van der Waals surface area contributed by atoms with Crippen LogP contribution in [0.5, 0.6) is 0 Å². The number of hydrogen-bond acceptors (Lipinski definition) is 4. The summed E-state index contributed by atoms with van der Waals surface area (Å²) in [6.45, 7) is 3.52. The van der Waals surface area contributed by atoms with Crippen LogP contribution in [0.2, 0.25) is 0 Å². The van der Waals surface area contributed by atoms with Gasteiger partial charge in [-0.1, -0.05) is 30.3 Å². The first-order valence-corrected chi connectivity index (χ1v) is 9.51. The molecule has 0 saturated carbocycles. The highest BCUT2D eigenvalue weighted by Gasteiger charge is 2.27. The van der Waals surface area contributed by atoms with Gasteiger partial charge in [-0.2, -0.15) is 5.10 Å². The van der Waals surface area contributed by atoms with Crippen molar-refractivity contribution in [1.29, 1.82) is 0 Å². The number of nitrogens with zero attached hydrogens (tertiary/aromatic N) is 4. The molecule has 5 heteroatoms. The van der Waals surface area contributed by atoms with Crippen LogP contribution in [-0.2, 0) is 13.1 Å². The molecule has 2 aromatic heterocycles. The van der Waals surface area contributed by atoms with Crippen LogP contribution in [0.15, 0.2) is 67.1 Å². The summed E-state index contributed by atoms with van der Waals surface area (Å²) in [5.74, 6) is 0.225. The van der Waals surface area contributed by atoms with Crippen molar-refractivity contribution in [1.82, 2.24) is 19.7 Å². The van der Waals surface area contributed by atoms with E-state index in [2.05, 4.69) is 39.2 Å². The standard InChI is InChI=1S/C22H24N4O/c27-22(21-6-1-2-11-23-21)20-5-3-13-25(17-20)15-18-7-9-19(10-8-18)16-26-14-4-12-24-26/h1-2,4,6-12,14,20H,3,5,13,15-17H2/t20-/m1/s1. The molecule has 1 aromatic carbocycles. The summed E-state index contributed by atoms with van der Waals surface area (Å²) < 4.78 is 1.92. The maximum Gasteiger partial charge on any atom is 0.185 e. The zero-order valence-electron chi connectivity index (χ0n) is 15.4. The lowest BCUT2D eigenvalue weighted by molar-refractivity contribution is 0.0806. The summed E-state index contributed by atoms with van der Waals surface area (Å²) in [5, 5.41) is 4.25. The molecule has 1 atom stereocenters. The molecule has 1 aliphatic rings. The molecule has 138 valence electrons. The Kier molecular flexibility index (Phi) is 5.39. The van der Waals surface area contributed by atoms with Crippen molar-refractivity contribution in [2.45, 2.75) is 25.9 Å². The lowest BCUT2D eigenvalue weighted by Gasteiger charge is -2.31. The smallest absolute Gasteiger partial charge is 0.185 e. The largest absolute Gasteiger partial charge is 0.298 e. The third-order valence-corrected chi connectivity index (χ3v) is 5.13. The molecule has 0 radical (unpaired) electrons. The fourth-order valence-corrected chi connectivity index (χ4v) is 3.72. The van der Waals surface area contributed by atoms with E-state index in [1.54, 1.807) is 12.4 Å². The molecule has 1 aliphatic heterocycles. The number of ketones is 1. The van der Waals surface area contributed by atoms with E-state index in [0.717, 1.165) is 39.0 Å². The van der Waals surface area contributed by atoms with E-state index < -0.39 is 0 Å². The van der Waals surface area contributed by atoms with Crippen LogP contribution in [0.4, 0.5) is 0 Å². The van der Waals surface area contributed by atoms with Gasteiger partial charge in [-0.15, -0.1) is 0 Å². The Hall–Kier alpha value is -2.79. The predicted molar refractivity (Wildman–Crippen MR) is 104 cm³/mol. The second-order valence-corrected chi connectivity index (χ2v) is 7.17. The normalized spacial score (nSPS) is 17.7. The number of carbonyl (C=O) groups excluding carboxylic acids is 1. The Morgan fingerprint density at radius 1 is 1.00 bits per heavy atom. The number of pyridine rings is 1. The Labute approximate surface area is 159 Å². The van der Waals surface area contributed by atoms with Gasteiger partial charge >= 0.3 is 0 Å². The lowest BCUT2D eigenvalue weighted by Crippen LogP contribution is -2.38. The fraction of sp³-hybridized carbons (Fsp3) is 0.318. The summed E-state index contributed by atoms with van der Waals surface area (Å²) in [4.78, 5) is 19.3. The molecular weight excluding hydrogens is 336 g/mol. The fourth-order valence-electron chi connectivity index (χ4n) is 3.72. The van der Waals surface area contributed by atoms with Gasteiger partial charge < -0.3 is 0 Å². The van der Waals surface area contributed by atoms with Crippen LogP contribution in [0.3, 0.4) is 0 Å². The summed E-state index contributed by atoms with van der Waals surface area (Å²) in [6, 6.07) is 16.2. The molecule has 0 bridgehead atoms. The van der Waals surface area contributed by atoms with Crippen LogP contribution in [0.25, 0.3) is 0 Å². The van der Waals surface area contributed by atoms with Crippen LogP contribution < -0.4 is 0 Å². The van der Waals surface area contributed by atoms with Gasteiger partial charge in [0, 0.05) is 37.6 Å². The average Bonchev–Trinajstić information content (AvgIpc) is 3.23. The number of Topliss-reactive ketones (excluding diaryl/α,β-unsaturated/α-hetero) is 1. The summed E-state index contributed by atoms with van der Waals surface area (Å²) in [6.07, 6.45) is 7.47. The molecule has 0 N–H and O–H groups in total. The van der Waals surface area contributed by atoms with Crippen molar-refractivity contribution in [2.75, 3.05) is 13.1 Å². The molecule has 0 aliphatic carbocycles. The monoisotopic (exact) mass is 360 g/mol. The third kappa shape index (κ3) is 4.49. The summed E-state index contributed by atoms with van der Waals surface area (Å²) in [5.41, 5.74) is 3.11. The van der Waals surface area contributed by atoms with Gasteiger partial charge in [-0.3, -0.25) is 19.4 Å². The lowest BCUT2D eigenvalue weighted by atomic mass is 9.91. The van der Waals surface area contributed by atoms with E-state index in [0.29, 0.717) is 5.69 Å². The van der Waals surface area contributed by atoms with Crippen LogP contribution in [0.1, 0.15) is 34.5 Å². The highest BCUT2D eigenvalue weighted by Crippen LogP contribution is 2.22. The van der Waals surface area contributed by atoms with Crippen molar-refractivity contribution in [3.63, 3.8) is 0 Å². The van der Waals surface area contributed by atoms with E-state index in [1.165, 1.54) is 11.1 Å². The molecule has 0 spiro atoms. The number of benzene rings is 1. The van der Waals surface area contributed by atoms with E-state index >= 15 is 0 Å². The molecule has 1 saturated heterocycles. The Balaban J connectivity index is 1.35. The molecule has 27 heavy (non-hydrogen) atoms. The second-order valence-electron chi connectivity index (χ2n) is 7.17. The molecule has 3 aromatic rings. The van der Waals surface area contributed by atoms with Gasteiger partial charge in [0.25, 0.3) is 0 Å². The van der Waals surface area contributed by atoms with E-state index in [-0.39, 0.29) is 11.7 Å². The predicted octanol–water partition coefficient (Wildman–Crippen LogP) is 3.42. The van der Waals surface area contributed by atoms with Crippen LogP contribution in [0, 0.1) is 5.92 Å². The zero-order chi connectivity index (χ0) is 18.5. The Bertz CT molecular complexity index is 859. The van der Waals surface area contributed by atoms with Crippen LogP contribution in [-0.4, -0.2) is 38.5 Å². The van der Waals surface area contributed by atoms with Gasteiger partial charge in [0.2, 0.25) is 0 Å². The maximum atomic E-state index is 12.7. The van der Waals surface area contributed by atoms with Crippen molar-refractivity contribution in [2.24, 2.45) is 5.92 Å². The molecule has 1 fully saturated rings.